The lowest BCUT2D eigenvalue weighted by Crippen LogP contribution is -2.56. The van der Waals surface area contributed by atoms with Gasteiger partial charge in [-0.25, -0.2) is 18.7 Å². The SMILES string of the molecule is CCCc1c(C(=O)N(CC(C)C)[C@@H]2CNC[C@H](C(=O)N3CCOCC3)C2)nnn1-c1ccccc1F.O=C(O)/C=C/C(=O)O. The Bertz CT molecular complexity index is 1310. The number of hydrogen-bond acceptors (Lipinski definition) is 8. The number of carboxylic acids is 2. The average molecular weight is 617 g/mol. The predicted molar refractivity (Wildman–Crippen MR) is 158 cm³/mol. The summed E-state index contributed by atoms with van der Waals surface area (Å²) in [4.78, 5) is 50.0. The Morgan fingerprint density at radius 3 is 2.36 bits per heavy atom. The third-order valence-electron chi connectivity index (χ3n) is 7.16. The van der Waals surface area contributed by atoms with Crippen LogP contribution in [0.1, 0.15) is 49.8 Å². The molecule has 2 fully saturated rings. The monoisotopic (exact) mass is 616 g/mol. The molecule has 13 nitrogen and oxygen atoms in total. The topological polar surface area (TPSA) is 167 Å². The summed E-state index contributed by atoms with van der Waals surface area (Å²) >= 11 is 0. The van der Waals surface area contributed by atoms with Crippen molar-refractivity contribution >= 4 is 23.8 Å². The minimum absolute atomic E-state index is 0.115. The number of nitrogens with zero attached hydrogens (tertiary/aromatic N) is 5. The quantitative estimate of drug-likeness (QED) is 0.336. The van der Waals surface area contributed by atoms with Gasteiger partial charge in [0.2, 0.25) is 5.91 Å². The largest absolute Gasteiger partial charge is 0.478 e. The van der Waals surface area contributed by atoms with Crippen molar-refractivity contribution in [3.05, 3.63) is 53.6 Å². The van der Waals surface area contributed by atoms with Crippen LogP contribution in [0, 0.1) is 17.7 Å². The third kappa shape index (κ3) is 9.41. The molecule has 2 aromatic rings. The van der Waals surface area contributed by atoms with Crippen LogP contribution in [0.4, 0.5) is 4.39 Å². The molecule has 4 rings (SSSR count). The lowest BCUT2D eigenvalue weighted by Gasteiger charge is -2.40. The van der Waals surface area contributed by atoms with Crippen LogP contribution in [0.15, 0.2) is 36.4 Å². The van der Waals surface area contributed by atoms with Crippen molar-refractivity contribution in [2.45, 2.75) is 46.1 Å². The van der Waals surface area contributed by atoms with Crippen LogP contribution in [-0.4, -0.2) is 111 Å². The number of rotatable bonds is 10. The zero-order valence-corrected chi connectivity index (χ0v) is 25.3. The Hall–Kier alpha value is -4.17. The molecule has 240 valence electrons. The molecule has 2 aliphatic rings. The number of aliphatic carboxylic acids is 2. The highest BCUT2D eigenvalue weighted by Gasteiger charge is 2.37. The van der Waals surface area contributed by atoms with Crippen LogP contribution in [0.2, 0.25) is 0 Å². The summed E-state index contributed by atoms with van der Waals surface area (Å²) in [7, 11) is 0. The summed E-state index contributed by atoms with van der Waals surface area (Å²) in [5, 5.41) is 27.4. The van der Waals surface area contributed by atoms with Crippen molar-refractivity contribution in [3.63, 3.8) is 0 Å². The Labute approximate surface area is 255 Å². The van der Waals surface area contributed by atoms with E-state index in [1.54, 1.807) is 18.2 Å². The number of carbonyl (C=O) groups excluding carboxylic acids is 2. The van der Waals surface area contributed by atoms with Crippen LogP contribution in [0.25, 0.3) is 5.69 Å². The van der Waals surface area contributed by atoms with E-state index in [0.717, 1.165) is 6.42 Å². The summed E-state index contributed by atoms with van der Waals surface area (Å²) in [6, 6.07) is 6.21. The molecule has 1 aromatic carbocycles. The van der Waals surface area contributed by atoms with Crippen LogP contribution in [0.3, 0.4) is 0 Å². The van der Waals surface area contributed by atoms with Crippen molar-refractivity contribution < 1.29 is 38.5 Å². The molecule has 2 aliphatic heterocycles. The maximum atomic E-state index is 14.6. The van der Waals surface area contributed by atoms with Crippen LogP contribution < -0.4 is 5.32 Å². The molecule has 2 amide bonds. The number of ether oxygens (including phenoxy) is 1. The maximum Gasteiger partial charge on any atom is 0.328 e. The van der Waals surface area contributed by atoms with E-state index in [1.807, 2.05) is 16.7 Å². The van der Waals surface area contributed by atoms with E-state index in [2.05, 4.69) is 29.5 Å². The fourth-order valence-electron chi connectivity index (χ4n) is 5.20. The molecule has 0 saturated carbocycles. The van der Waals surface area contributed by atoms with Crippen LogP contribution in [-0.2, 0) is 25.5 Å². The molecule has 2 saturated heterocycles. The van der Waals surface area contributed by atoms with E-state index < -0.39 is 17.8 Å². The summed E-state index contributed by atoms with van der Waals surface area (Å²) in [6.45, 7) is 10.2. The van der Waals surface area contributed by atoms with Gasteiger partial charge >= 0.3 is 11.9 Å². The van der Waals surface area contributed by atoms with E-state index in [0.29, 0.717) is 76.6 Å². The van der Waals surface area contributed by atoms with Crippen molar-refractivity contribution in [1.29, 1.82) is 0 Å². The van der Waals surface area contributed by atoms with Gasteiger partial charge in [0, 0.05) is 50.9 Å². The summed E-state index contributed by atoms with van der Waals surface area (Å²) < 4.78 is 21.4. The standard InChI is InChI=1S/C26H37FN6O3.C4H4O4/c1-4-7-23-24(29-30-33(23)22-9-6-5-8-21(22)27)26(35)32(17-18(2)3)20-14-19(15-28-16-20)25(34)31-10-12-36-13-11-31;5-3(6)1-2-4(7)8/h5-6,8-9,18-20,28H,4,7,10-17H2,1-3H3;1-2H,(H,5,6)(H,7,8)/b;2-1+/t19-,20+;/m1./s1. The zero-order chi connectivity index (χ0) is 32.2. The lowest BCUT2D eigenvalue weighted by molar-refractivity contribution is -0.140. The number of piperidine rings is 1. The van der Waals surface area contributed by atoms with Crippen molar-refractivity contribution in [1.82, 2.24) is 30.1 Å². The van der Waals surface area contributed by atoms with Gasteiger partial charge in [0.15, 0.2) is 5.69 Å². The minimum Gasteiger partial charge on any atom is -0.478 e. The number of benzene rings is 1. The number of para-hydroxylation sites is 1. The van der Waals surface area contributed by atoms with Gasteiger partial charge in [-0.3, -0.25) is 9.59 Å². The zero-order valence-electron chi connectivity index (χ0n) is 25.3. The molecular weight excluding hydrogens is 575 g/mol. The van der Waals surface area contributed by atoms with E-state index in [1.165, 1.54) is 10.7 Å². The van der Waals surface area contributed by atoms with Crippen molar-refractivity contribution in [2.75, 3.05) is 45.9 Å². The van der Waals surface area contributed by atoms with E-state index in [-0.39, 0.29) is 41.1 Å². The fourth-order valence-corrected chi connectivity index (χ4v) is 5.20. The minimum atomic E-state index is -1.26. The van der Waals surface area contributed by atoms with Gasteiger partial charge < -0.3 is 30.1 Å². The van der Waals surface area contributed by atoms with Crippen molar-refractivity contribution in [3.8, 4) is 5.69 Å². The van der Waals surface area contributed by atoms with Crippen molar-refractivity contribution in [2.24, 2.45) is 11.8 Å². The molecule has 1 aromatic heterocycles. The summed E-state index contributed by atoms with van der Waals surface area (Å²) in [5.41, 5.74) is 1.13. The first-order valence-electron chi connectivity index (χ1n) is 14.7. The highest BCUT2D eigenvalue weighted by molar-refractivity contribution is 5.94. The first kappa shape index (κ1) is 34.3. The Kier molecular flexibility index (Phi) is 13.0. The highest BCUT2D eigenvalue weighted by Crippen LogP contribution is 2.24. The Morgan fingerprint density at radius 1 is 1.11 bits per heavy atom. The van der Waals surface area contributed by atoms with Gasteiger partial charge in [0.25, 0.3) is 5.91 Å². The summed E-state index contributed by atoms with van der Waals surface area (Å²) in [5.74, 6) is -3.02. The van der Waals surface area contributed by atoms with Gasteiger partial charge in [0.05, 0.1) is 24.8 Å². The van der Waals surface area contributed by atoms with E-state index in [9.17, 15) is 23.6 Å². The maximum absolute atomic E-state index is 14.6. The second kappa shape index (κ2) is 16.6. The number of carbonyl (C=O) groups is 4. The number of nitrogens with one attached hydrogen (secondary N) is 1. The lowest BCUT2D eigenvalue weighted by atomic mass is 9.92. The number of morpholine rings is 1. The van der Waals surface area contributed by atoms with Crippen LogP contribution in [0.5, 0.6) is 0 Å². The molecule has 44 heavy (non-hydrogen) atoms. The number of halogens is 1. The Balaban J connectivity index is 0.000000583. The molecule has 0 spiro atoms. The fraction of sp³-hybridized carbons (Fsp3) is 0.533. The number of hydrogen-bond donors (Lipinski definition) is 3. The third-order valence-corrected chi connectivity index (χ3v) is 7.16. The molecule has 2 atom stereocenters. The smallest absolute Gasteiger partial charge is 0.328 e. The number of aromatic nitrogens is 3. The molecule has 14 heteroatoms. The molecule has 3 heterocycles. The second-order valence-electron chi connectivity index (χ2n) is 11.0. The van der Waals surface area contributed by atoms with Gasteiger partial charge in [-0.05, 0) is 30.9 Å². The van der Waals surface area contributed by atoms with Gasteiger partial charge in [-0.2, -0.15) is 0 Å². The first-order chi connectivity index (χ1) is 21.0. The molecule has 0 bridgehead atoms. The predicted octanol–water partition coefficient (Wildman–Crippen LogP) is 2.01. The van der Waals surface area contributed by atoms with Gasteiger partial charge in [-0.15, -0.1) is 5.10 Å². The van der Waals surface area contributed by atoms with Gasteiger partial charge in [0.1, 0.15) is 11.5 Å². The second-order valence-corrected chi connectivity index (χ2v) is 11.0. The normalized spacial score (nSPS) is 18.5. The highest BCUT2D eigenvalue weighted by atomic mass is 19.1. The molecule has 3 N–H and O–H groups in total. The molecule has 0 unspecified atom stereocenters. The summed E-state index contributed by atoms with van der Waals surface area (Å²) in [6.07, 6.45) is 3.00. The van der Waals surface area contributed by atoms with E-state index in [4.69, 9.17) is 14.9 Å². The number of amides is 2. The van der Waals surface area contributed by atoms with E-state index >= 15 is 0 Å². The van der Waals surface area contributed by atoms with Crippen LogP contribution >= 0.6 is 0 Å². The first-order valence-corrected chi connectivity index (χ1v) is 14.7. The van der Waals surface area contributed by atoms with Gasteiger partial charge in [-0.1, -0.05) is 44.5 Å². The molecular formula is C30H41FN6O7. The molecule has 0 aliphatic carbocycles. The molecule has 0 radical (unpaired) electrons. The average Bonchev–Trinajstić information content (AvgIpc) is 3.42. The Morgan fingerprint density at radius 2 is 1.77 bits per heavy atom. The number of carboxylic acid groups (broad SMARTS) is 2.